The molecule has 0 saturated carbocycles. The third-order valence-electron chi connectivity index (χ3n) is 3.61. The van der Waals surface area contributed by atoms with Crippen molar-refractivity contribution in [1.82, 2.24) is 15.1 Å². The number of anilines is 1. The predicted molar refractivity (Wildman–Crippen MR) is 96.4 cm³/mol. The van der Waals surface area contributed by atoms with E-state index in [-0.39, 0.29) is 0 Å². The zero-order valence-electron chi connectivity index (χ0n) is 13.3. The Balaban J connectivity index is 2.18. The summed E-state index contributed by atoms with van der Waals surface area (Å²) in [4.78, 5) is 0. The molecular weight excluding hydrogens is 292 g/mol. The Hall–Kier alpha value is -2.14. The number of hydrogen-bond acceptors (Lipinski definition) is 2. The largest absolute Gasteiger partial charge is 0.359 e. The number of thiocarbonyl (C=S) groups is 1. The van der Waals surface area contributed by atoms with Crippen LogP contribution in [0.1, 0.15) is 22.5 Å². The molecule has 2 N–H and O–H groups in total. The van der Waals surface area contributed by atoms with Crippen LogP contribution in [0.2, 0.25) is 0 Å². The Labute approximate surface area is 137 Å². The third-order valence-corrected chi connectivity index (χ3v) is 3.85. The molecule has 0 atom stereocenters. The minimum Gasteiger partial charge on any atom is -0.359 e. The maximum absolute atomic E-state index is 5.27. The Kier molecular flexibility index (Phi) is 5.33. The molecule has 2 aromatic rings. The van der Waals surface area contributed by atoms with Crippen LogP contribution in [0.5, 0.6) is 0 Å². The lowest BCUT2D eigenvalue weighted by Gasteiger charge is -2.10. The summed E-state index contributed by atoms with van der Waals surface area (Å²) in [7, 11) is 0. The van der Waals surface area contributed by atoms with Crippen molar-refractivity contribution in [2.75, 3.05) is 11.9 Å². The number of rotatable bonds is 5. The molecule has 0 aliphatic carbocycles. The van der Waals surface area contributed by atoms with Gasteiger partial charge in [0.05, 0.1) is 23.6 Å². The van der Waals surface area contributed by atoms with E-state index in [1.165, 1.54) is 11.1 Å². The van der Waals surface area contributed by atoms with E-state index in [4.69, 9.17) is 12.2 Å². The van der Waals surface area contributed by atoms with Crippen LogP contribution in [0, 0.1) is 20.8 Å². The van der Waals surface area contributed by atoms with Crippen molar-refractivity contribution in [3.05, 3.63) is 59.4 Å². The van der Waals surface area contributed by atoms with Crippen LogP contribution in [-0.4, -0.2) is 21.4 Å². The number of nitrogens with one attached hydrogen (secondary N) is 2. The molecule has 116 valence electrons. The molecule has 0 amide bonds. The van der Waals surface area contributed by atoms with Crippen LogP contribution in [0.15, 0.2) is 36.9 Å². The molecule has 1 aromatic carbocycles. The van der Waals surface area contributed by atoms with Crippen LogP contribution in [-0.2, 0) is 6.54 Å². The summed E-state index contributed by atoms with van der Waals surface area (Å²) >= 11 is 5.27. The summed E-state index contributed by atoms with van der Waals surface area (Å²) in [5.41, 5.74) is 5.52. The lowest BCUT2D eigenvalue weighted by molar-refractivity contribution is 0.657. The first-order valence-corrected chi connectivity index (χ1v) is 7.68. The van der Waals surface area contributed by atoms with Gasteiger partial charge in [-0.1, -0.05) is 30.3 Å². The molecule has 1 aromatic heterocycles. The lowest BCUT2D eigenvalue weighted by atomic mass is 10.1. The minimum atomic E-state index is 0.585. The van der Waals surface area contributed by atoms with Gasteiger partial charge in [-0.2, -0.15) is 5.10 Å². The van der Waals surface area contributed by atoms with E-state index in [0.29, 0.717) is 11.7 Å². The van der Waals surface area contributed by atoms with Crippen LogP contribution in [0.25, 0.3) is 0 Å². The van der Waals surface area contributed by atoms with Gasteiger partial charge in [0, 0.05) is 6.54 Å². The Bertz CT molecular complexity index is 688. The van der Waals surface area contributed by atoms with Gasteiger partial charge in [0.1, 0.15) is 0 Å². The lowest BCUT2D eigenvalue weighted by Crippen LogP contribution is -2.28. The summed E-state index contributed by atoms with van der Waals surface area (Å²) < 4.78 is 2.01. The highest BCUT2D eigenvalue weighted by Crippen LogP contribution is 2.21. The van der Waals surface area contributed by atoms with Crippen LogP contribution in [0.4, 0.5) is 5.69 Å². The number of aromatic nitrogens is 2. The molecule has 4 nitrogen and oxygen atoms in total. The molecule has 0 aliphatic heterocycles. The van der Waals surface area contributed by atoms with E-state index in [1.807, 2.05) is 11.6 Å². The second-order valence-corrected chi connectivity index (χ2v) is 5.66. The molecule has 0 unspecified atom stereocenters. The molecule has 0 bridgehead atoms. The molecule has 22 heavy (non-hydrogen) atoms. The fraction of sp³-hybridized carbons (Fsp3) is 0.294. The standard InChI is InChI=1S/C17H22N4S/c1-5-10-18-17(22)19-16-13(3)20-21(14(16)4)11-15-9-7-6-8-12(15)2/h5-9H,1,10-11H2,2-4H3,(H2,18,19,22). The van der Waals surface area contributed by atoms with Gasteiger partial charge in [0.2, 0.25) is 0 Å². The van der Waals surface area contributed by atoms with E-state index >= 15 is 0 Å². The molecule has 0 aliphatic rings. The Morgan fingerprint density at radius 3 is 2.73 bits per heavy atom. The topological polar surface area (TPSA) is 41.9 Å². The molecule has 2 rings (SSSR count). The zero-order valence-corrected chi connectivity index (χ0v) is 14.1. The van der Waals surface area contributed by atoms with Gasteiger partial charge in [-0.25, -0.2) is 0 Å². The SMILES string of the molecule is C=CCNC(=S)Nc1c(C)nn(Cc2ccccc2C)c1C. The number of nitrogens with zero attached hydrogens (tertiary/aromatic N) is 2. The van der Waals surface area contributed by atoms with Crippen LogP contribution >= 0.6 is 12.2 Å². The summed E-state index contributed by atoms with van der Waals surface area (Å²) in [5, 5.41) is 11.5. The summed E-state index contributed by atoms with van der Waals surface area (Å²) in [6, 6.07) is 8.36. The van der Waals surface area contributed by atoms with Crippen molar-refractivity contribution in [2.45, 2.75) is 27.3 Å². The maximum atomic E-state index is 5.27. The normalized spacial score (nSPS) is 10.3. The van der Waals surface area contributed by atoms with Gasteiger partial charge in [-0.3, -0.25) is 4.68 Å². The zero-order chi connectivity index (χ0) is 16.1. The Morgan fingerprint density at radius 2 is 2.05 bits per heavy atom. The van der Waals surface area contributed by atoms with Gasteiger partial charge in [0.15, 0.2) is 5.11 Å². The fourth-order valence-electron chi connectivity index (χ4n) is 2.30. The highest BCUT2D eigenvalue weighted by atomic mass is 32.1. The van der Waals surface area contributed by atoms with Crippen molar-refractivity contribution in [3.8, 4) is 0 Å². The van der Waals surface area contributed by atoms with Crippen LogP contribution < -0.4 is 10.6 Å². The monoisotopic (exact) mass is 314 g/mol. The van der Waals surface area contributed by atoms with Gasteiger partial charge in [-0.05, 0) is 44.1 Å². The highest BCUT2D eigenvalue weighted by molar-refractivity contribution is 7.80. The number of benzene rings is 1. The molecule has 5 heteroatoms. The molecule has 0 spiro atoms. The van der Waals surface area contributed by atoms with Gasteiger partial charge in [0.25, 0.3) is 0 Å². The van der Waals surface area contributed by atoms with E-state index in [9.17, 15) is 0 Å². The first-order chi connectivity index (χ1) is 10.5. The van der Waals surface area contributed by atoms with Crippen molar-refractivity contribution >= 4 is 23.0 Å². The van der Waals surface area contributed by atoms with E-state index < -0.39 is 0 Å². The van der Waals surface area contributed by atoms with Crippen molar-refractivity contribution in [2.24, 2.45) is 0 Å². The van der Waals surface area contributed by atoms with Gasteiger partial charge in [-0.15, -0.1) is 6.58 Å². The second-order valence-electron chi connectivity index (χ2n) is 5.25. The molecule has 1 heterocycles. The van der Waals surface area contributed by atoms with E-state index in [1.54, 1.807) is 6.08 Å². The first kappa shape index (κ1) is 16.2. The summed E-state index contributed by atoms with van der Waals surface area (Å²) in [5.74, 6) is 0. The number of aryl methyl sites for hydroxylation is 2. The summed E-state index contributed by atoms with van der Waals surface area (Å²) in [6.45, 7) is 11.2. The average Bonchev–Trinajstić information content (AvgIpc) is 2.75. The smallest absolute Gasteiger partial charge is 0.171 e. The Morgan fingerprint density at radius 1 is 1.32 bits per heavy atom. The average molecular weight is 314 g/mol. The maximum Gasteiger partial charge on any atom is 0.171 e. The van der Waals surface area contributed by atoms with Crippen molar-refractivity contribution < 1.29 is 0 Å². The quantitative estimate of drug-likeness (QED) is 0.656. The van der Waals surface area contributed by atoms with Crippen LogP contribution in [0.3, 0.4) is 0 Å². The second kappa shape index (κ2) is 7.22. The predicted octanol–water partition coefficient (Wildman–Crippen LogP) is 3.33. The van der Waals surface area contributed by atoms with Gasteiger partial charge >= 0.3 is 0 Å². The van der Waals surface area contributed by atoms with Gasteiger partial charge < -0.3 is 10.6 Å². The number of hydrogen-bond donors (Lipinski definition) is 2. The fourth-order valence-corrected chi connectivity index (χ4v) is 2.49. The minimum absolute atomic E-state index is 0.585. The van der Waals surface area contributed by atoms with Crippen molar-refractivity contribution in [1.29, 1.82) is 0 Å². The van der Waals surface area contributed by atoms with E-state index in [0.717, 1.165) is 23.6 Å². The van der Waals surface area contributed by atoms with Crippen molar-refractivity contribution in [3.63, 3.8) is 0 Å². The third kappa shape index (κ3) is 3.74. The highest BCUT2D eigenvalue weighted by Gasteiger charge is 2.13. The molecule has 0 saturated heterocycles. The molecular formula is C17H22N4S. The molecule has 0 fully saturated rings. The summed E-state index contributed by atoms with van der Waals surface area (Å²) in [6.07, 6.45) is 1.77. The molecule has 0 radical (unpaired) electrons. The van der Waals surface area contributed by atoms with E-state index in [2.05, 4.69) is 60.4 Å². The first-order valence-electron chi connectivity index (χ1n) is 7.27.